The van der Waals surface area contributed by atoms with Crippen LogP contribution in [0.5, 0.6) is 0 Å². The Morgan fingerprint density at radius 1 is 0.933 bits per heavy atom. The molecule has 3 nitrogen and oxygen atoms in total. The minimum Gasteiger partial charge on any atom is -0.397 e. The lowest BCUT2D eigenvalue weighted by Crippen LogP contribution is -2.24. The van der Waals surface area contributed by atoms with Gasteiger partial charge in [-0.3, -0.25) is 4.99 Å². The Bertz CT molecular complexity index is 461. The summed E-state index contributed by atoms with van der Waals surface area (Å²) >= 11 is 0. The largest absolute Gasteiger partial charge is 0.397 e. The molecular weight excluding hydrogens is 366 g/mol. The molecule has 0 radical (unpaired) electrons. The number of nitrogens with one attached hydrogen (secondary N) is 1. The van der Waals surface area contributed by atoms with E-state index in [4.69, 9.17) is 5.73 Å². The second kappa shape index (κ2) is 25.5. The summed E-state index contributed by atoms with van der Waals surface area (Å²) in [5.41, 5.74) is 10.6. The van der Waals surface area contributed by atoms with Crippen LogP contribution in [0.25, 0.3) is 0 Å². The van der Waals surface area contributed by atoms with Crippen molar-refractivity contribution in [1.29, 1.82) is 0 Å². The maximum Gasteiger partial charge on any atom is 0.0575 e. The van der Waals surface area contributed by atoms with Crippen LogP contribution >= 0.6 is 0 Å². The van der Waals surface area contributed by atoms with E-state index in [0.717, 1.165) is 22.9 Å². The van der Waals surface area contributed by atoms with Crippen molar-refractivity contribution >= 4 is 5.71 Å². The van der Waals surface area contributed by atoms with E-state index < -0.39 is 0 Å². The third-order valence-corrected chi connectivity index (χ3v) is 4.73. The molecular formula is C27H57N3. The zero-order valence-corrected chi connectivity index (χ0v) is 22.8. The van der Waals surface area contributed by atoms with Gasteiger partial charge in [0, 0.05) is 18.8 Å². The molecule has 0 aromatic rings. The second-order valence-corrected chi connectivity index (χ2v) is 7.78. The number of aliphatic imine (C=N–C) groups is 1. The molecule has 180 valence electrons. The van der Waals surface area contributed by atoms with Crippen LogP contribution in [-0.4, -0.2) is 18.8 Å². The Labute approximate surface area is 191 Å². The summed E-state index contributed by atoms with van der Waals surface area (Å²) < 4.78 is 0. The molecule has 0 fully saturated rings. The van der Waals surface area contributed by atoms with E-state index in [2.05, 4.69) is 71.9 Å². The van der Waals surface area contributed by atoms with E-state index in [-0.39, 0.29) is 0 Å². The van der Waals surface area contributed by atoms with E-state index >= 15 is 0 Å². The smallest absolute Gasteiger partial charge is 0.0575 e. The summed E-state index contributed by atoms with van der Waals surface area (Å²) in [5.74, 6) is 0.986. The zero-order valence-electron chi connectivity index (χ0n) is 22.8. The second-order valence-electron chi connectivity index (χ2n) is 7.78. The van der Waals surface area contributed by atoms with Crippen molar-refractivity contribution in [2.75, 3.05) is 7.05 Å². The van der Waals surface area contributed by atoms with E-state index in [1.807, 2.05) is 27.7 Å². The van der Waals surface area contributed by atoms with Gasteiger partial charge < -0.3 is 11.1 Å². The van der Waals surface area contributed by atoms with E-state index in [9.17, 15) is 0 Å². The van der Waals surface area contributed by atoms with Crippen molar-refractivity contribution in [1.82, 2.24) is 5.32 Å². The minimum atomic E-state index is 0.365. The molecule has 0 atom stereocenters. The molecule has 0 aromatic heterocycles. The summed E-state index contributed by atoms with van der Waals surface area (Å²) in [6, 6.07) is 0.365. The molecule has 0 unspecified atom stereocenters. The number of nitrogens with zero attached hydrogens (tertiary/aromatic N) is 1. The molecule has 0 aliphatic heterocycles. The molecule has 0 aliphatic carbocycles. The van der Waals surface area contributed by atoms with Crippen molar-refractivity contribution in [3.05, 3.63) is 35.7 Å². The normalized spacial score (nSPS) is 11.2. The van der Waals surface area contributed by atoms with Gasteiger partial charge in [-0.05, 0) is 59.0 Å². The van der Waals surface area contributed by atoms with Crippen LogP contribution in [0.4, 0.5) is 0 Å². The van der Waals surface area contributed by atoms with Gasteiger partial charge in [-0.2, -0.15) is 0 Å². The van der Waals surface area contributed by atoms with Crippen molar-refractivity contribution in [3.63, 3.8) is 0 Å². The first-order valence-corrected chi connectivity index (χ1v) is 12.0. The highest BCUT2D eigenvalue weighted by molar-refractivity contribution is 5.98. The Morgan fingerprint density at radius 3 is 1.57 bits per heavy atom. The van der Waals surface area contributed by atoms with Crippen LogP contribution in [0.1, 0.15) is 115 Å². The third-order valence-electron chi connectivity index (χ3n) is 4.73. The molecule has 0 aromatic carbocycles. The average molecular weight is 424 g/mol. The van der Waals surface area contributed by atoms with Gasteiger partial charge >= 0.3 is 0 Å². The predicted molar refractivity (Wildman–Crippen MR) is 143 cm³/mol. The van der Waals surface area contributed by atoms with Crippen LogP contribution in [-0.2, 0) is 0 Å². The average Bonchev–Trinajstić information content (AvgIpc) is 2.73. The Kier molecular flexibility index (Phi) is 30.5. The van der Waals surface area contributed by atoms with Crippen LogP contribution in [0.2, 0.25) is 0 Å². The number of rotatable bonds is 10. The quantitative estimate of drug-likeness (QED) is 0.210. The van der Waals surface area contributed by atoms with Crippen molar-refractivity contribution in [2.24, 2.45) is 16.6 Å². The number of hydrogen-bond acceptors (Lipinski definition) is 3. The molecule has 3 heteroatoms. The first-order chi connectivity index (χ1) is 14.0. The Morgan fingerprint density at radius 2 is 1.37 bits per heavy atom. The molecule has 0 rings (SSSR count). The maximum absolute atomic E-state index is 5.90. The van der Waals surface area contributed by atoms with Crippen LogP contribution in [0.15, 0.2) is 40.7 Å². The number of nitrogens with two attached hydrogens (primary N) is 1. The number of allylic oxidation sites excluding steroid dienone is 3. The lowest BCUT2D eigenvalue weighted by Gasteiger charge is -2.15. The van der Waals surface area contributed by atoms with Gasteiger partial charge in [-0.15, -0.1) is 6.58 Å². The monoisotopic (exact) mass is 423 g/mol. The summed E-state index contributed by atoms with van der Waals surface area (Å²) in [7, 11) is 1.73. The highest BCUT2D eigenvalue weighted by Crippen LogP contribution is 2.10. The summed E-state index contributed by atoms with van der Waals surface area (Å²) in [4.78, 5) is 4.04. The molecule has 3 N–H and O–H groups in total. The summed E-state index contributed by atoms with van der Waals surface area (Å²) in [6.45, 7) is 30.7. The van der Waals surface area contributed by atoms with E-state index in [1.165, 1.54) is 44.1 Å². The molecule has 30 heavy (non-hydrogen) atoms. The SMILES string of the molecule is C=C(C)CCCC.C=C(NC(C)C)/C(C)=C(/N)C(C)=NC.CC.CCC(CC)CC. The standard InChI is InChI=1S/C11H21N3.C7H14.C7H16.C2H6/c1-7(2)14-9(4)8(3)11(12)10(5)13-6;1-4-5-6-7(2)3;1-4-7(5-2)6-3;1-2/h7,14H,4,12H2,1-3,5-6H3;2,4-6H2,1,3H3;7H,4-6H2,1-3H3;1-2H3/b11-8+,13-10?;;;. The van der Waals surface area contributed by atoms with Gasteiger partial charge in [0.1, 0.15) is 0 Å². The molecule has 0 amide bonds. The molecule has 0 saturated carbocycles. The van der Waals surface area contributed by atoms with Crippen molar-refractivity contribution < 1.29 is 0 Å². The summed E-state index contributed by atoms with van der Waals surface area (Å²) in [5, 5.41) is 3.22. The minimum absolute atomic E-state index is 0.365. The number of hydrogen-bond donors (Lipinski definition) is 2. The first-order valence-electron chi connectivity index (χ1n) is 12.0. The maximum atomic E-state index is 5.90. The lowest BCUT2D eigenvalue weighted by molar-refractivity contribution is 0.477. The molecule has 0 bridgehead atoms. The zero-order chi connectivity index (χ0) is 24.7. The Hall–Kier alpha value is -1.51. The van der Waals surface area contributed by atoms with Gasteiger partial charge in [-0.1, -0.05) is 79.4 Å². The molecule has 0 saturated heterocycles. The van der Waals surface area contributed by atoms with Crippen LogP contribution in [0.3, 0.4) is 0 Å². The summed E-state index contributed by atoms with van der Waals surface area (Å²) in [6.07, 6.45) is 7.85. The van der Waals surface area contributed by atoms with E-state index in [1.54, 1.807) is 7.05 Å². The van der Waals surface area contributed by atoms with Crippen LogP contribution in [0, 0.1) is 5.92 Å². The van der Waals surface area contributed by atoms with Crippen LogP contribution < -0.4 is 11.1 Å². The van der Waals surface area contributed by atoms with Gasteiger partial charge in [0.15, 0.2) is 0 Å². The van der Waals surface area contributed by atoms with E-state index in [0.29, 0.717) is 11.7 Å². The highest BCUT2D eigenvalue weighted by atomic mass is 14.9. The fraction of sp³-hybridized carbons (Fsp3) is 0.741. The first kappa shape index (κ1) is 35.9. The van der Waals surface area contributed by atoms with Crippen molar-refractivity contribution in [3.8, 4) is 0 Å². The highest BCUT2D eigenvalue weighted by Gasteiger charge is 2.05. The fourth-order valence-corrected chi connectivity index (χ4v) is 2.36. The van der Waals surface area contributed by atoms with Gasteiger partial charge in [-0.25, -0.2) is 0 Å². The van der Waals surface area contributed by atoms with Gasteiger partial charge in [0.25, 0.3) is 0 Å². The molecule has 0 heterocycles. The third kappa shape index (κ3) is 24.5. The van der Waals surface area contributed by atoms with Gasteiger partial charge in [0.05, 0.1) is 11.4 Å². The van der Waals surface area contributed by atoms with Crippen molar-refractivity contribution in [2.45, 2.75) is 121 Å². The fourth-order valence-electron chi connectivity index (χ4n) is 2.36. The van der Waals surface area contributed by atoms with Gasteiger partial charge in [0.2, 0.25) is 0 Å². The topological polar surface area (TPSA) is 50.4 Å². The lowest BCUT2D eigenvalue weighted by atomic mass is 10.0. The molecule has 0 aliphatic rings. The predicted octanol–water partition coefficient (Wildman–Crippen LogP) is 8.43. The number of unbranched alkanes of at least 4 members (excludes halogenated alkanes) is 1. The Balaban J connectivity index is -0.000000178. The molecule has 0 spiro atoms.